The van der Waals surface area contributed by atoms with E-state index in [1.165, 1.54) is 0 Å². The number of aliphatic hydroxyl groups is 1. The van der Waals surface area contributed by atoms with Crippen LogP contribution in [-0.4, -0.2) is 34.2 Å². The lowest BCUT2D eigenvalue weighted by Crippen LogP contribution is -2.41. The van der Waals surface area contributed by atoms with Crippen molar-refractivity contribution in [3.63, 3.8) is 0 Å². The number of hydrogen-bond acceptors (Lipinski definition) is 3. The Morgan fingerprint density at radius 1 is 1.47 bits per heavy atom. The summed E-state index contributed by atoms with van der Waals surface area (Å²) in [5.41, 5.74) is 0.986. The average molecular weight is 275 g/mol. The summed E-state index contributed by atoms with van der Waals surface area (Å²) >= 11 is 11.8. The van der Waals surface area contributed by atoms with Gasteiger partial charge >= 0.3 is 0 Å². The molecule has 1 aromatic heterocycles. The molecule has 0 spiro atoms. The van der Waals surface area contributed by atoms with Crippen molar-refractivity contribution in [2.24, 2.45) is 5.92 Å². The van der Waals surface area contributed by atoms with E-state index >= 15 is 0 Å². The van der Waals surface area contributed by atoms with Crippen molar-refractivity contribution >= 4 is 23.2 Å². The topological polar surface area (TPSA) is 36.4 Å². The second-order valence-electron chi connectivity index (χ2n) is 4.65. The molecule has 0 saturated carbocycles. The molecule has 0 aromatic carbocycles. The third kappa shape index (κ3) is 3.32. The standard InChI is InChI=1S/C12H16Cl2N2O/c1-8-6-16(5-4-10(8)17)7-9-2-3-11(13)15-12(9)14/h2-3,8,10,17H,4-7H2,1H3. The fourth-order valence-electron chi connectivity index (χ4n) is 2.16. The van der Waals surface area contributed by atoms with Crippen LogP contribution in [0.2, 0.25) is 10.3 Å². The van der Waals surface area contributed by atoms with Gasteiger partial charge in [-0.1, -0.05) is 36.2 Å². The number of rotatable bonds is 2. The predicted molar refractivity (Wildman–Crippen MR) is 69.3 cm³/mol. The fourth-order valence-corrected chi connectivity index (χ4v) is 2.57. The Bertz CT molecular complexity index is 400. The Morgan fingerprint density at radius 2 is 2.24 bits per heavy atom. The van der Waals surface area contributed by atoms with E-state index in [-0.39, 0.29) is 6.10 Å². The zero-order valence-corrected chi connectivity index (χ0v) is 11.2. The lowest BCUT2D eigenvalue weighted by Gasteiger charge is -2.34. The van der Waals surface area contributed by atoms with Gasteiger partial charge in [0, 0.05) is 25.2 Å². The Hall–Kier alpha value is -0.350. The lowest BCUT2D eigenvalue weighted by molar-refractivity contribution is 0.0320. The maximum atomic E-state index is 9.67. The summed E-state index contributed by atoms with van der Waals surface area (Å²) in [6.45, 7) is 4.61. The van der Waals surface area contributed by atoms with E-state index in [1.54, 1.807) is 6.07 Å². The molecule has 1 aromatic rings. The number of aliphatic hydroxyl groups excluding tert-OH is 1. The van der Waals surface area contributed by atoms with Crippen LogP contribution in [0.5, 0.6) is 0 Å². The first-order chi connectivity index (χ1) is 8.06. The van der Waals surface area contributed by atoms with Gasteiger partial charge in [-0.2, -0.15) is 0 Å². The SMILES string of the molecule is CC1CN(Cc2ccc(Cl)nc2Cl)CCC1O. The minimum atomic E-state index is -0.176. The van der Waals surface area contributed by atoms with Crippen LogP contribution in [0.25, 0.3) is 0 Å². The van der Waals surface area contributed by atoms with Crippen LogP contribution in [0, 0.1) is 5.92 Å². The molecule has 1 saturated heterocycles. The first-order valence-electron chi connectivity index (χ1n) is 5.77. The largest absolute Gasteiger partial charge is 0.393 e. The van der Waals surface area contributed by atoms with Gasteiger partial charge in [-0.05, 0) is 18.4 Å². The molecule has 2 heterocycles. The predicted octanol–water partition coefficient (Wildman–Crippen LogP) is 2.59. The van der Waals surface area contributed by atoms with Gasteiger partial charge in [0.25, 0.3) is 0 Å². The van der Waals surface area contributed by atoms with Crippen LogP contribution < -0.4 is 0 Å². The molecule has 0 radical (unpaired) electrons. The molecule has 2 unspecified atom stereocenters. The zero-order valence-electron chi connectivity index (χ0n) is 9.74. The summed E-state index contributed by atoms with van der Waals surface area (Å²) in [6, 6.07) is 3.67. The molecule has 0 aliphatic carbocycles. The highest BCUT2D eigenvalue weighted by atomic mass is 35.5. The summed E-state index contributed by atoms with van der Waals surface area (Å²) < 4.78 is 0. The molecule has 1 aliphatic heterocycles. The van der Waals surface area contributed by atoms with Gasteiger partial charge in [0.05, 0.1) is 6.10 Å². The number of pyridine rings is 1. The van der Waals surface area contributed by atoms with Crippen LogP contribution in [0.3, 0.4) is 0 Å². The Kier molecular flexibility index (Phi) is 4.26. The summed E-state index contributed by atoms with van der Waals surface area (Å²) in [4.78, 5) is 6.31. The third-order valence-corrected chi connectivity index (χ3v) is 3.77. The molecule has 94 valence electrons. The van der Waals surface area contributed by atoms with Crippen molar-refractivity contribution in [2.45, 2.75) is 26.0 Å². The van der Waals surface area contributed by atoms with Crippen LogP contribution in [0.4, 0.5) is 0 Å². The van der Waals surface area contributed by atoms with Gasteiger partial charge in [0.15, 0.2) is 0 Å². The van der Waals surface area contributed by atoms with Gasteiger partial charge in [-0.25, -0.2) is 4.98 Å². The molecule has 0 bridgehead atoms. The van der Waals surface area contributed by atoms with Gasteiger partial charge in [0.2, 0.25) is 0 Å². The van der Waals surface area contributed by atoms with E-state index in [4.69, 9.17) is 23.2 Å². The number of likely N-dealkylation sites (tertiary alicyclic amines) is 1. The Morgan fingerprint density at radius 3 is 2.88 bits per heavy atom. The van der Waals surface area contributed by atoms with Crippen molar-refractivity contribution in [1.29, 1.82) is 0 Å². The van der Waals surface area contributed by atoms with Gasteiger partial charge in [-0.3, -0.25) is 4.90 Å². The molecule has 2 atom stereocenters. The minimum Gasteiger partial charge on any atom is -0.393 e. The number of aromatic nitrogens is 1. The Labute approximate surface area is 111 Å². The monoisotopic (exact) mass is 274 g/mol. The summed E-state index contributed by atoms with van der Waals surface area (Å²) in [5, 5.41) is 10.6. The van der Waals surface area contributed by atoms with Gasteiger partial charge in [-0.15, -0.1) is 0 Å². The van der Waals surface area contributed by atoms with Crippen LogP contribution in [-0.2, 0) is 6.54 Å². The molecule has 2 rings (SSSR count). The summed E-state index contributed by atoms with van der Waals surface area (Å²) in [6.07, 6.45) is 0.643. The fraction of sp³-hybridized carbons (Fsp3) is 0.583. The van der Waals surface area contributed by atoms with Crippen molar-refractivity contribution < 1.29 is 5.11 Å². The van der Waals surface area contributed by atoms with Crippen molar-refractivity contribution in [3.8, 4) is 0 Å². The second-order valence-corrected chi connectivity index (χ2v) is 5.40. The lowest BCUT2D eigenvalue weighted by atomic mass is 9.96. The van der Waals surface area contributed by atoms with E-state index in [1.807, 2.05) is 6.07 Å². The van der Waals surface area contributed by atoms with Gasteiger partial charge < -0.3 is 5.11 Å². The minimum absolute atomic E-state index is 0.176. The van der Waals surface area contributed by atoms with Crippen LogP contribution in [0.15, 0.2) is 12.1 Å². The van der Waals surface area contributed by atoms with Crippen molar-refractivity contribution in [3.05, 3.63) is 28.0 Å². The van der Waals surface area contributed by atoms with E-state index in [0.29, 0.717) is 16.2 Å². The summed E-state index contributed by atoms with van der Waals surface area (Å²) in [7, 11) is 0. The number of halogens is 2. The molecule has 5 heteroatoms. The number of nitrogens with zero attached hydrogens (tertiary/aromatic N) is 2. The maximum absolute atomic E-state index is 9.67. The molecule has 17 heavy (non-hydrogen) atoms. The van der Waals surface area contributed by atoms with Crippen molar-refractivity contribution in [2.75, 3.05) is 13.1 Å². The molecule has 1 N–H and O–H groups in total. The molecule has 1 aliphatic rings. The highest BCUT2D eigenvalue weighted by Crippen LogP contribution is 2.22. The average Bonchev–Trinajstić information content (AvgIpc) is 2.27. The molecular formula is C12H16Cl2N2O. The highest BCUT2D eigenvalue weighted by Gasteiger charge is 2.24. The maximum Gasteiger partial charge on any atom is 0.135 e. The zero-order chi connectivity index (χ0) is 12.4. The van der Waals surface area contributed by atoms with Gasteiger partial charge in [0.1, 0.15) is 10.3 Å². The molecule has 3 nitrogen and oxygen atoms in total. The molecule has 0 amide bonds. The number of piperidine rings is 1. The molecule has 1 fully saturated rings. The van der Waals surface area contributed by atoms with E-state index in [2.05, 4.69) is 16.8 Å². The van der Waals surface area contributed by atoms with Crippen molar-refractivity contribution in [1.82, 2.24) is 9.88 Å². The van der Waals surface area contributed by atoms with E-state index < -0.39 is 0 Å². The number of hydrogen-bond donors (Lipinski definition) is 1. The van der Waals surface area contributed by atoms with E-state index in [9.17, 15) is 5.11 Å². The third-order valence-electron chi connectivity index (χ3n) is 3.23. The summed E-state index contributed by atoms with van der Waals surface area (Å²) in [5.74, 6) is 0.308. The van der Waals surface area contributed by atoms with E-state index in [0.717, 1.165) is 31.6 Å². The first-order valence-corrected chi connectivity index (χ1v) is 6.53. The second kappa shape index (κ2) is 5.53. The highest BCUT2D eigenvalue weighted by molar-refractivity contribution is 6.32. The quantitative estimate of drug-likeness (QED) is 0.843. The Balaban J connectivity index is 2.01. The van der Waals surface area contributed by atoms with Crippen LogP contribution in [0.1, 0.15) is 18.9 Å². The first kappa shape index (κ1) is 13.1. The van der Waals surface area contributed by atoms with Crippen LogP contribution >= 0.6 is 23.2 Å². The smallest absolute Gasteiger partial charge is 0.135 e. The normalized spacial score (nSPS) is 26.1. The molecular weight excluding hydrogens is 259 g/mol.